The van der Waals surface area contributed by atoms with E-state index >= 15 is 0 Å². The van der Waals surface area contributed by atoms with Gasteiger partial charge in [0.2, 0.25) is 5.91 Å². The van der Waals surface area contributed by atoms with Crippen LogP contribution in [0.3, 0.4) is 0 Å². The van der Waals surface area contributed by atoms with Gasteiger partial charge in [-0.15, -0.1) is 0 Å². The Morgan fingerprint density at radius 1 is 1.35 bits per heavy atom. The van der Waals surface area contributed by atoms with Crippen molar-refractivity contribution in [3.8, 4) is 5.75 Å². The number of halogens is 1. The van der Waals surface area contributed by atoms with Gasteiger partial charge in [0, 0.05) is 31.4 Å². The Morgan fingerprint density at radius 2 is 2.15 bits per heavy atom. The van der Waals surface area contributed by atoms with Gasteiger partial charge in [-0.2, -0.15) is 0 Å². The second kappa shape index (κ2) is 8.23. The fraction of sp³-hybridized carbons (Fsp3) is 0.389. The number of likely N-dealkylation sites (tertiary alicyclic amines) is 1. The summed E-state index contributed by atoms with van der Waals surface area (Å²) in [6, 6.07) is 7.06. The van der Waals surface area contributed by atoms with Crippen LogP contribution in [-0.2, 0) is 16.1 Å². The summed E-state index contributed by atoms with van der Waals surface area (Å²) in [6.45, 7) is 1.25. The summed E-state index contributed by atoms with van der Waals surface area (Å²) in [5.41, 5.74) is 5.29. The normalized spacial score (nSPS) is 17.1. The van der Waals surface area contributed by atoms with Crippen LogP contribution in [0.15, 0.2) is 36.7 Å². The highest BCUT2D eigenvalue weighted by atomic mass is 35.5. The van der Waals surface area contributed by atoms with Crippen molar-refractivity contribution >= 4 is 23.4 Å². The minimum absolute atomic E-state index is 0.0633. The minimum atomic E-state index is -0.416. The summed E-state index contributed by atoms with van der Waals surface area (Å²) in [5.74, 6) is 0.840. The second-order valence-corrected chi connectivity index (χ2v) is 6.68. The first kappa shape index (κ1) is 18.3. The highest BCUT2D eigenvalue weighted by molar-refractivity contribution is 6.32. The molecule has 0 spiro atoms. The molecule has 1 aromatic heterocycles. The van der Waals surface area contributed by atoms with E-state index in [1.54, 1.807) is 46.1 Å². The maximum absolute atomic E-state index is 12.5. The average molecular weight is 377 g/mol. The monoisotopic (exact) mass is 376 g/mol. The van der Waals surface area contributed by atoms with Crippen LogP contribution in [0, 0.1) is 0 Å². The first-order valence-electron chi connectivity index (χ1n) is 8.49. The molecule has 2 amide bonds. The second-order valence-electron chi connectivity index (χ2n) is 6.28. The van der Waals surface area contributed by atoms with Gasteiger partial charge in [0.05, 0.1) is 5.02 Å². The lowest BCUT2D eigenvalue weighted by atomic mass is 9.97. The van der Waals surface area contributed by atoms with Crippen LogP contribution in [0.5, 0.6) is 5.75 Å². The summed E-state index contributed by atoms with van der Waals surface area (Å²) < 4.78 is 7.30. The molecule has 138 valence electrons. The number of aromatic nitrogens is 2. The van der Waals surface area contributed by atoms with E-state index in [-0.39, 0.29) is 25.0 Å². The molecule has 0 radical (unpaired) electrons. The van der Waals surface area contributed by atoms with Crippen molar-refractivity contribution in [3.63, 3.8) is 0 Å². The van der Waals surface area contributed by atoms with Crippen LogP contribution in [0.1, 0.15) is 24.6 Å². The Morgan fingerprint density at radius 3 is 2.92 bits per heavy atom. The predicted octanol–water partition coefficient (Wildman–Crippen LogP) is 1.81. The molecule has 1 aliphatic rings. The fourth-order valence-corrected chi connectivity index (χ4v) is 3.38. The van der Waals surface area contributed by atoms with Crippen molar-refractivity contribution in [2.45, 2.75) is 25.3 Å². The van der Waals surface area contributed by atoms with Crippen LogP contribution in [0.2, 0.25) is 5.02 Å². The molecule has 3 rings (SSSR count). The molecule has 7 nitrogen and oxygen atoms in total. The van der Waals surface area contributed by atoms with E-state index in [2.05, 4.69) is 4.98 Å². The van der Waals surface area contributed by atoms with Crippen LogP contribution >= 0.6 is 11.6 Å². The first-order chi connectivity index (χ1) is 12.5. The van der Waals surface area contributed by atoms with Crippen LogP contribution < -0.4 is 10.5 Å². The molecule has 2 aromatic rings. The molecule has 2 heterocycles. The standard InChI is InChI=1S/C18H21ClN4O3/c19-14-5-1-2-6-15(14)26-12-17(25)22-8-3-4-13(10-22)18-21-7-9-23(18)11-16(20)24/h1-2,5-7,9,13H,3-4,8,10-12H2,(H2,20,24)/t13-/m1/s1. The number of carbonyl (C=O) groups excluding carboxylic acids is 2. The molecule has 8 heteroatoms. The Bertz CT molecular complexity index is 792. The Hall–Kier alpha value is -2.54. The van der Waals surface area contributed by atoms with Crippen molar-refractivity contribution in [2.24, 2.45) is 5.73 Å². The fourth-order valence-electron chi connectivity index (χ4n) is 3.19. The molecule has 0 unspecified atom stereocenters. The van der Waals surface area contributed by atoms with Crippen molar-refractivity contribution in [1.82, 2.24) is 14.5 Å². The third kappa shape index (κ3) is 4.35. The number of carbonyl (C=O) groups is 2. The van der Waals surface area contributed by atoms with Crippen molar-refractivity contribution in [3.05, 3.63) is 47.5 Å². The summed E-state index contributed by atoms with van der Waals surface area (Å²) in [4.78, 5) is 29.9. The molecule has 2 N–H and O–H groups in total. The van der Waals surface area contributed by atoms with E-state index < -0.39 is 5.91 Å². The minimum Gasteiger partial charge on any atom is -0.482 e. The third-order valence-corrected chi connectivity index (χ3v) is 4.71. The number of imidazole rings is 1. The topological polar surface area (TPSA) is 90.5 Å². The molecule has 26 heavy (non-hydrogen) atoms. The molecule has 1 atom stereocenters. The molecule has 0 bridgehead atoms. The number of benzene rings is 1. The number of ether oxygens (including phenoxy) is 1. The Labute approximate surface area is 156 Å². The van der Waals surface area contributed by atoms with E-state index in [9.17, 15) is 9.59 Å². The predicted molar refractivity (Wildman–Crippen MR) is 96.9 cm³/mol. The van der Waals surface area contributed by atoms with Crippen molar-refractivity contribution in [1.29, 1.82) is 0 Å². The van der Waals surface area contributed by atoms with Gasteiger partial charge in [0.25, 0.3) is 5.91 Å². The number of nitrogens with two attached hydrogens (primary N) is 1. The molecule has 1 aliphatic heterocycles. The van der Waals surface area contributed by atoms with Gasteiger partial charge in [0.1, 0.15) is 18.1 Å². The largest absolute Gasteiger partial charge is 0.482 e. The van der Waals surface area contributed by atoms with Crippen LogP contribution in [0.25, 0.3) is 0 Å². The smallest absolute Gasteiger partial charge is 0.260 e. The number of nitrogens with zero attached hydrogens (tertiary/aromatic N) is 3. The zero-order valence-corrected chi connectivity index (χ0v) is 15.1. The van der Waals surface area contributed by atoms with Gasteiger partial charge in [0.15, 0.2) is 6.61 Å². The van der Waals surface area contributed by atoms with E-state index in [4.69, 9.17) is 22.1 Å². The van der Waals surface area contributed by atoms with Gasteiger partial charge in [-0.25, -0.2) is 4.98 Å². The van der Waals surface area contributed by atoms with Crippen molar-refractivity contribution < 1.29 is 14.3 Å². The first-order valence-corrected chi connectivity index (χ1v) is 8.87. The zero-order valence-electron chi connectivity index (χ0n) is 14.3. The van der Waals surface area contributed by atoms with E-state index in [1.165, 1.54) is 0 Å². The molecule has 1 aromatic carbocycles. The highest BCUT2D eigenvalue weighted by Gasteiger charge is 2.27. The third-order valence-electron chi connectivity index (χ3n) is 4.40. The number of hydrogen-bond acceptors (Lipinski definition) is 4. The molecular weight excluding hydrogens is 356 g/mol. The maximum Gasteiger partial charge on any atom is 0.260 e. The number of piperidine rings is 1. The number of para-hydroxylation sites is 1. The number of rotatable bonds is 6. The lowest BCUT2D eigenvalue weighted by Crippen LogP contribution is -2.42. The summed E-state index contributed by atoms with van der Waals surface area (Å²) in [5, 5.41) is 0.477. The maximum atomic E-state index is 12.5. The number of hydrogen-bond donors (Lipinski definition) is 1. The molecule has 0 aliphatic carbocycles. The lowest BCUT2D eigenvalue weighted by molar-refractivity contribution is -0.134. The summed E-state index contributed by atoms with van der Waals surface area (Å²) in [7, 11) is 0. The SMILES string of the molecule is NC(=O)Cn1ccnc1[C@@H]1CCCN(C(=O)COc2ccccc2Cl)C1. The molecule has 1 saturated heterocycles. The van der Waals surface area contributed by atoms with Gasteiger partial charge in [-0.05, 0) is 25.0 Å². The number of primary amides is 1. The zero-order chi connectivity index (χ0) is 18.5. The Kier molecular flexibility index (Phi) is 5.78. The summed E-state index contributed by atoms with van der Waals surface area (Å²) >= 11 is 6.04. The summed E-state index contributed by atoms with van der Waals surface area (Å²) in [6.07, 6.45) is 5.16. The van der Waals surface area contributed by atoms with Gasteiger partial charge in [-0.3, -0.25) is 9.59 Å². The average Bonchev–Trinajstić information content (AvgIpc) is 3.08. The van der Waals surface area contributed by atoms with E-state index in [0.29, 0.717) is 23.9 Å². The van der Waals surface area contributed by atoms with Crippen LogP contribution in [0.4, 0.5) is 0 Å². The van der Waals surface area contributed by atoms with Gasteiger partial charge in [-0.1, -0.05) is 23.7 Å². The van der Waals surface area contributed by atoms with Crippen LogP contribution in [-0.4, -0.2) is 46.0 Å². The Balaban J connectivity index is 1.61. The lowest BCUT2D eigenvalue weighted by Gasteiger charge is -2.32. The van der Waals surface area contributed by atoms with Gasteiger partial charge >= 0.3 is 0 Å². The van der Waals surface area contributed by atoms with Gasteiger partial charge < -0.3 is 19.9 Å². The molecule has 1 fully saturated rings. The quantitative estimate of drug-likeness (QED) is 0.832. The van der Waals surface area contributed by atoms with Crippen molar-refractivity contribution in [2.75, 3.05) is 19.7 Å². The van der Waals surface area contributed by atoms with E-state index in [0.717, 1.165) is 18.7 Å². The highest BCUT2D eigenvalue weighted by Crippen LogP contribution is 2.27. The molecular formula is C18H21ClN4O3. The van der Waals surface area contributed by atoms with E-state index in [1.807, 2.05) is 0 Å². The molecule has 0 saturated carbocycles. The number of amides is 2.